The summed E-state index contributed by atoms with van der Waals surface area (Å²) in [7, 11) is 1.52. The Morgan fingerprint density at radius 3 is 2.75 bits per heavy atom. The predicted molar refractivity (Wildman–Crippen MR) is 98.6 cm³/mol. The zero-order chi connectivity index (χ0) is 17.1. The van der Waals surface area contributed by atoms with Gasteiger partial charge in [0.25, 0.3) is 5.56 Å². The molecular formula is C18H15NO3S2. The van der Waals surface area contributed by atoms with Crippen molar-refractivity contribution in [3.8, 4) is 5.75 Å². The van der Waals surface area contributed by atoms with E-state index in [9.17, 15) is 9.59 Å². The van der Waals surface area contributed by atoms with Gasteiger partial charge in [0.05, 0.1) is 21.9 Å². The van der Waals surface area contributed by atoms with Crippen molar-refractivity contribution in [3.63, 3.8) is 0 Å². The summed E-state index contributed by atoms with van der Waals surface area (Å²) in [6.45, 7) is 2.00. The minimum atomic E-state index is -0.205. The number of aryl methyl sites for hydroxylation is 1. The third-order valence-corrected chi connectivity index (χ3v) is 5.41. The van der Waals surface area contributed by atoms with E-state index in [-0.39, 0.29) is 11.3 Å². The van der Waals surface area contributed by atoms with Gasteiger partial charge in [-0.3, -0.25) is 9.59 Å². The Morgan fingerprint density at radius 2 is 2.04 bits per heavy atom. The Bertz CT molecular complexity index is 1060. The average Bonchev–Trinajstić information content (AvgIpc) is 3.13. The molecule has 0 fully saturated rings. The molecule has 0 spiro atoms. The van der Waals surface area contributed by atoms with Gasteiger partial charge >= 0.3 is 0 Å². The van der Waals surface area contributed by atoms with Crippen LogP contribution in [-0.2, 0) is 0 Å². The highest BCUT2D eigenvalue weighted by Crippen LogP contribution is 2.18. The lowest BCUT2D eigenvalue weighted by molar-refractivity contribution is 0.105. The molecule has 2 heterocycles. The molecule has 2 aromatic heterocycles. The molecule has 122 valence electrons. The largest absolute Gasteiger partial charge is 0.496 e. The summed E-state index contributed by atoms with van der Waals surface area (Å²) in [6.07, 6.45) is 3.29. The Balaban J connectivity index is 2.02. The van der Waals surface area contributed by atoms with Gasteiger partial charge in [-0.05, 0) is 42.1 Å². The summed E-state index contributed by atoms with van der Waals surface area (Å²) < 4.78 is 6.31. The quantitative estimate of drug-likeness (QED) is 0.729. The van der Waals surface area contributed by atoms with Crippen molar-refractivity contribution in [1.29, 1.82) is 0 Å². The normalized spacial score (nSPS) is 12.6. The van der Waals surface area contributed by atoms with Crippen LogP contribution < -0.4 is 19.5 Å². The van der Waals surface area contributed by atoms with Crippen LogP contribution in [0.4, 0.5) is 0 Å². The topological polar surface area (TPSA) is 59.2 Å². The number of H-pyrrole nitrogens is 1. The van der Waals surface area contributed by atoms with Crippen LogP contribution in [0.3, 0.4) is 0 Å². The minimum Gasteiger partial charge on any atom is -0.496 e. The first-order chi connectivity index (χ1) is 11.6. The maximum atomic E-state index is 12.4. The fraction of sp³-hybridized carbons (Fsp3) is 0.111. The first-order valence-corrected chi connectivity index (χ1v) is 8.92. The number of aromatic amines is 1. The maximum absolute atomic E-state index is 12.4. The van der Waals surface area contributed by atoms with Crippen LogP contribution in [-0.4, -0.2) is 17.9 Å². The molecular weight excluding hydrogens is 342 g/mol. The smallest absolute Gasteiger partial charge is 0.266 e. The number of methoxy groups -OCH3 is 1. The van der Waals surface area contributed by atoms with Crippen LogP contribution in [0.1, 0.15) is 20.8 Å². The molecule has 3 aromatic rings. The van der Waals surface area contributed by atoms with Crippen LogP contribution in [0.2, 0.25) is 0 Å². The molecule has 0 aliphatic carbocycles. The molecule has 0 atom stereocenters. The molecule has 0 aliphatic heterocycles. The molecule has 0 saturated carbocycles. The van der Waals surface area contributed by atoms with Crippen LogP contribution >= 0.6 is 22.7 Å². The monoisotopic (exact) mass is 357 g/mol. The van der Waals surface area contributed by atoms with Crippen LogP contribution in [0.25, 0.3) is 12.2 Å². The van der Waals surface area contributed by atoms with E-state index >= 15 is 0 Å². The highest BCUT2D eigenvalue weighted by Gasteiger charge is 2.09. The second-order valence-corrected chi connectivity index (χ2v) is 7.14. The number of thiophene rings is 1. The lowest BCUT2D eigenvalue weighted by Crippen LogP contribution is -2.19. The Labute approximate surface area is 146 Å². The number of para-hydroxylation sites is 1. The van der Waals surface area contributed by atoms with Crippen molar-refractivity contribution in [2.45, 2.75) is 6.92 Å². The maximum Gasteiger partial charge on any atom is 0.266 e. The van der Waals surface area contributed by atoms with E-state index in [4.69, 9.17) is 4.74 Å². The Hall–Kier alpha value is -2.44. The molecule has 0 bridgehead atoms. The number of carbonyl (C=O) groups is 1. The number of carbonyl (C=O) groups excluding carboxylic acids is 1. The van der Waals surface area contributed by atoms with Gasteiger partial charge in [0.1, 0.15) is 5.75 Å². The third kappa shape index (κ3) is 3.39. The number of nitrogens with one attached hydrogen (secondary N) is 1. The van der Waals surface area contributed by atoms with E-state index in [0.717, 1.165) is 10.4 Å². The molecule has 0 radical (unpaired) electrons. The van der Waals surface area contributed by atoms with Crippen molar-refractivity contribution in [3.05, 3.63) is 71.3 Å². The summed E-state index contributed by atoms with van der Waals surface area (Å²) in [5.74, 6) is 0.308. The number of Topliss-reactive ketones (excluding diaryl/α,β-unsaturated/α-hetero) is 1. The highest BCUT2D eigenvalue weighted by atomic mass is 32.1. The number of ether oxygens (including phenoxy) is 1. The lowest BCUT2D eigenvalue weighted by Gasteiger charge is -2.03. The number of aromatic nitrogens is 1. The summed E-state index contributed by atoms with van der Waals surface area (Å²) in [5.41, 5.74) is 1.41. The fourth-order valence-electron chi connectivity index (χ4n) is 2.22. The number of ketones is 1. The van der Waals surface area contributed by atoms with Crippen molar-refractivity contribution >= 4 is 40.6 Å². The van der Waals surface area contributed by atoms with Gasteiger partial charge in [-0.25, -0.2) is 0 Å². The summed E-state index contributed by atoms with van der Waals surface area (Å²) in [6, 6.07) is 9.03. The molecule has 0 aliphatic rings. The van der Waals surface area contributed by atoms with Gasteiger partial charge in [0.15, 0.2) is 5.78 Å². The zero-order valence-corrected chi connectivity index (χ0v) is 14.8. The summed E-state index contributed by atoms with van der Waals surface area (Å²) in [5, 5.41) is 1.99. The summed E-state index contributed by atoms with van der Waals surface area (Å²) >= 11 is 2.85. The molecule has 1 N–H and O–H groups in total. The second kappa shape index (κ2) is 6.98. The number of benzene rings is 1. The highest BCUT2D eigenvalue weighted by molar-refractivity contribution is 7.11. The van der Waals surface area contributed by atoms with Crippen molar-refractivity contribution in [1.82, 2.24) is 4.98 Å². The van der Waals surface area contributed by atoms with Gasteiger partial charge < -0.3 is 9.72 Å². The molecule has 4 nitrogen and oxygen atoms in total. The lowest BCUT2D eigenvalue weighted by atomic mass is 10.1. The van der Waals surface area contributed by atoms with Crippen LogP contribution in [0.15, 0.2) is 40.5 Å². The number of thiazole rings is 1. The van der Waals surface area contributed by atoms with E-state index in [1.54, 1.807) is 35.6 Å². The van der Waals surface area contributed by atoms with Gasteiger partial charge in [0.2, 0.25) is 0 Å². The van der Waals surface area contributed by atoms with E-state index in [2.05, 4.69) is 4.98 Å². The molecule has 6 heteroatoms. The van der Waals surface area contributed by atoms with Crippen molar-refractivity contribution in [2.75, 3.05) is 7.11 Å². The first-order valence-electron chi connectivity index (χ1n) is 7.22. The average molecular weight is 357 g/mol. The van der Waals surface area contributed by atoms with Gasteiger partial charge in [-0.2, -0.15) is 0 Å². The van der Waals surface area contributed by atoms with E-state index in [1.807, 2.05) is 24.4 Å². The van der Waals surface area contributed by atoms with Gasteiger partial charge in [-0.1, -0.05) is 12.1 Å². The zero-order valence-electron chi connectivity index (χ0n) is 13.2. The van der Waals surface area contributed by atoms with E-state index in [0.29, 0.717) is 20.5 Å². The SMILES string of the molecule is COc1ccccc1C(=O)/C=c1\[nH]c(=O)/c(=C\c2sccc2C)s1. The molecule has 24 heavy (non-hydrogen) atoms. The molecule has 0 saturated heterocycles. The standard InChI is InChI=1S/C18H15NO3S2/c1-11-7-8-23-15(11)10-16-18(21)19-17(24-16)9-13(20)12-5-3-4-6-14(12)22-2/h3-10H,1-2H3,(H,19,21)/b16-10+,17-9+. The minimum absolute atomic E-state index is 0.188. The predicted octanol–water partition coefficient (Wildman–Crippen LogP) is 2.31. The third-order valence-electron chi connectivity index (χ3n) is 3.48. The second-order valence-electron chi connectivity index (χ2n) is 5.11. The molecule has 3 rings (SSSR count). The Kier molecular flexibility index (Phi) is 4.78. The number of hydrogen-bond donors (Lipinski definition) is 1. The number of hydrogen-bond acceptors (Lipinski definition) is 5. The van der Waals surface area contributed by atoms with Crippen molar-refractivity contribution in [2.24, 2.45) is 0 Å². The van der Waals surface area contributed by atoms with Gasteiger partial charge in [-0.15, -0.1) is 22.7 Å². The molecule has 0 unspecified atom stereocenters. The summed E-state index contributed by atoms with van der Waals surface area (Å²) in [4.78, 5) is 28.3. The molecule has 1 aromatic carbocycles. The first kappa shape index (κ1) is 16.4. The van der Waals surface area contributed by atoms with Crippen molar-refractivity contribution < 1.29 is 9.53 Å². The van der Waals surface area contributed by atoms with Crippen LogP contribution in [0, 0.1) is 6.92 Å². The van der Waals surface area contributed by atoms with Crippen LogP contribution in [0.5, 0.6) is 5.75 Å². The fourth-order valence-corrected chi connectivity index (χ4v) is 4.02. The Morgan fingerprint density at radius 1 is 1.25 bits per heavy atom. The number of rotatable bonds is 4. The van der Waals surface area contributed by atoms with E-state index in [1.165, 1.54) is 24.5 Å². The van der Waals surface area contributed by atoms with Gasteiger partial charge in [0, 0.05) is 11.0 Å². The molecule has 0 amide bonds. The van der Waals surface area contributed by atoms with E-state index < -0.39 is 0 Å².